The molecule has 0 heterocycles. The molecule has 1 aliphatic carbocycles. The summed E-state index contributed by atoms with van der Waals surface area (Å²) in [6.45, 7) is 0. The van der Waals surface area contributed by atoms with Crippen molar-refractivity contribution in [2.24, 2.45) is 0 Å². The molecule has 0 N–H and O–H groups in total. The van der Waals surface area contributed by atoms with Crippen LogP contribution in [0.3, 0.4) is 0 Å². The molecule has 0 amide bonds. The number of rotatable bonds is 1. The fourth-order valence-corrected chi connectivity index (χ4v) is 1.75. The Balaban J connectivity index is 0.000000980. The molecule has 76 valence electrons. The summed E-state index contributed by atoms with van der Waals surface area (Å²) < 4.78 is 5.10. The molecule has 0 radical (unpaired) electrons. The Morgan fingerprint density at radius 1 is 1.29 bits per heavy atom. The first kappa shape index (κ1) is 11.1. The molecule has 0 saturated heterocycles. The number of carbonyl (C=O) groups excluding carboxylic acids is 1. The van der Waals surface area contributed by atoms with Crippen LogP contribution in [0.1, 0.15) is 28.8 Å². The van der Waals surface area contributed by atoms with E-state index in [2.05, 4.69) is 0 Å². The highest BCUT2D eigenvalue weighted by Crippen LogP contribution is 2.24. The van der Waals surface area contributed by atoms with Crippen LogP contribution < -0.4 is 4.74 Å². The smallest absolute Gasteiger partial charge is 0.163 e. The number of ether oxygens (including phenoxy) is 1. The minimum absolute atomic E-state index is 0. The van der Waals surface area contributed by atoms with E-state index in [1.165, 1.54) is 0 Å². The first-order chi connectivity index (χ1) is 6.31. The van der Waals surface area contributed by atoms with E-state index in [1.54, 1.807) is 7.11 Å². The fourth-order valence-electron chi connectivity index (χ4n) is 1.75. The van der Waals surface area contributed by atoms with Crippen molar-refractivity contribution in [1.29, 1.82) is 0 Å². The minimum atomic E-state index is 0. The Kier molecular flexibility index (Phi) is 3.53. The van der Waals surface area contributed by atoms with Gasteiger partial charge < -0.3 is 4.74 Å². The highest BCUT2D eigenvalue weighted by molar-refractivity contribution is 5.98. The predicted octanol–water partition coefficient (Wildman–Crippen LogP) is 2.64. The van der Waals surface area contributed by atoms with Crippen LogP contribution in [-0.2, 0) is 6.42 Å². The largest absolute Gasteiger partial charge is 0.497 e. The van der Waals surface area contributed by atoms with Crippen molar-refractivity contribution in [3.63, 3.8) is 0 Å². The first-order valence-electron chi connectivity index (χ1n) is 4.51. The maximum atomic E-state index is 11.4. The Labute approximate surface area is 89.7 Å². The summed E-state index contributed by atoms with van der Waals surface area (Å²) in [5, 5.41) is 0. The van der Waals surface area contributed by atoms with Gasteiger partial charge in [0.2, 0.25) is 0 Å². The summed E-state index contributed by atoms with van der Waals surface area (Å²) >= 11 is 0. The summed E-state index contributed by atoms with van der Waals surface area (Å²) in [6, 6.07) is 5.68. The second kappa shape index (κ2) is 4.47. The van der Waals surface area contributed by atoms with Crippen LogP contribution in [0.25, 0.3) is 0 Å². The predicted molar refractivity (Wildman–Crippen MR) is 57.5 cm³/mol. The lowest BCUT2D eigenvalue weighted by molar-refractivity contribution is 0.0972. The molecule has 0 aliphatic heterocycles. The molecule has 0 bridgehead atoms. The fraction of sp³-hybridized carbons (Fsp3) is 0.364. The molecule has 0 aromatic heterocycles. The van der Waals surface area contributed by atoms with Crippen LogP contribution in [0.15, 0.2) is 18.2 Å². The van der Waals surface area contributed by atoms with Crippen LogP contribution in [0.2, 0.25) is 0 Å². The van der Waals surface area contributed by atoms with E-state index in [0.717, 1.165) is 29.7 Å². The minimum Gasteiger partial charge on any atom is -0.497 e. The van der Waals surface area contributed by atoms with Crippen molar-refractivity contribution < 1.29 is 9.53 Å². The Hall–Kier alpha value is -1.02. The van der Waals surface area contributed by atoms with Gasteiger partial charge in [-0.05, 0) is 36.6 Å². The number of methoxy groups -OCH3 is 1. The molecular formula is C11H13ClO2. The van der Waals surface area contributed by atoms with E-state index in [4.69, 9.17) is 4.74 Å². The number of hydrogen-bond acceptors (Lipinski definition) is 2. The van der Waals surface area contributed by atoms with Gasteiger partial charge in [-0.3, -0.25) is 4.79 Å². The van der Waals surface area contributed by atoms with Gasteiger partial charge in [-0.2, -0.15) is 0 Å². The molecule has 1 aromatic carbocycles. The van der Waals surface area contributed by atoms with Gasteiger partial charge in [0.05, 0.1) is 7.11 Å². The summed E-state index contributed by atoms with van der Waals surface area (Å²) in [7, 11) is 1.65. The van der Waals surface area contributed by atoms with E-state index in [9.17, 15) is 4.79 Å². The normalized spacial score (nSPS) is 14.2. The van der Waals surface area contributed by atoms with Gasteiger partial charge >= 0.3 is 0 Å². The van der Waals surface area contributed by atoms with Crippen LogP contribution in [0.5, 0.6) is 5.75 Å². The average Bonchev–Trinajstić information content (AvgIpc) is 2.18. The highest BCUT2D eigenvalue weighted by atomic mass is 35.5. The molecule has 2 nitrogen and oxygen atoms in total. The van der Waals surface area contributed by atoms with E-state index in [0.29, 0.717) is 6.42 Å². The Bertz CT molecular complexity index is 347. The summed E-state index contributed by atoms with van der Waals surface area (Å²) in [5.74, 6) is 1.11. The monoisotopic (exact) mass is 212 g/mol. The van der Waals surface area contributed by atoms with Gasteiger partial charge in [-0.1, -0.05) is 0 Å². The second-order valence-electron chi connectivity index (χ2n) is 3.30. The van der Waals surface area contributed by atoms with Crippen molar-refractivity contribution in [3.8, 4) is 5.75 Å². The summed E-state index contributed by atoms with van der Waals surface area (Å²) in [5.41, 5.74) is 2.02. The molecule has 14 heavy (non-hydrogen) atoms. The second-order valence-corrected chi connectivity index (χ2v) is 3.30. The zero-order valence-electron chi connectivity index (χ0n) is 8.08. The van der Waals surface area contributed by atoms with Crippen molar-refractivity contribution >= 4 is 18.2 Å². The lowest BCUT2D eigenvalue weighted by Gasteiger charge is -2.14. The third-order valence-corrected chi connectivity index (χ3v) is 2.46. The summed E-state index contributed by atoms with van der Waals surface area (Å²) in [4.78, 5) is 11.4. The van der Waals surface area contributed by atoms with Crippen molar-refractivity contribution in [2.45, 2.75) is 19.3 Å². The molecule has 1 aliphatic rings. The number of ketones is 1. The van der Waals surface area contributed by atoms with Crippen molar-refractivity contribution in [3.05, 3.63) is 29.3 Å². The molecule has 0 fully saturated rings. The SMILES string of the molecule is COc1ccc2c(c1)CCCC2=O.Cl. The van der Waals surface area contributed by atoms with Crippen LogP contribution in [-0.4, -0.2) is 12.9 Å². The number of Topliss-reactive ketones (excluding diaryl/α,β-unsaturated/α-hetero) is 1. The number of aryl methyl sites for hydroxylation is 1. The molecule has 1 aromatic rings. The van der Waals surface area contributed by atoms with Gasteiger partial charge in [-0.25, -0.2) is 0 Å². The maximum absolute atomic E-state index is 11.4. The maximum Gasteiger partial charge on any atom is 0.163 e. The summed E-state index contributed by atoms with van der Waals surface area (Å²) in [6.07, 6.45) is 2.66. The zero-order valence-corrected chi connectivity index (χ0v) is 8.89. The zero-order chi connectivity index (χ0) is 9.26. The number of halogens is 1. The van der Waals surface area contributed by atoms with Gasteiger partial charge in [0.1, 0.15) is 5.75 Å². The van der Waals surface area contributed by atoms with Crippen LogP contribution in [0, 0.1) is 0 Å². The lowest BCUT2D eigenvalue weighted by atomic mass is 9.91. The van der Waals surface area contributed by atoms with Gasteiger partial charge in [0.25, 0.3) is 0 Å². The van der Waals surface area contributed by atoms with E-state index >= 15 is 0 Å². The van der Waals surface area contributed by atoms with Crippen LogP contribution in [0.4, 0.5) is 0 Å². The Morgan fingerprint density at radius 3 is 2.79 bits per heavy atom. The first-order valence-corrected chi connectivity index (χ1v) is 4.51. The molecule has 0 spiro atoms. The third-order valence-electron chi connectivity index (χ3n) is 2.46. The van der Waals surface area contributed by atoms with Crippen molar-refractivity contribution in [1.82, 2.24) is 0 Å². The highest BCUT2D eigenvalue weighted by Gasteiger charge is 2.16. The molecule has 3 heteroatoms. The van der Waals surface area contributed by atoms with Crippen molar-refractivity contribution in [2.75, 3.05) is 7.11 Å². The average molecular weight is 213 g/mol. The van der Waals surface area contributed by atoms with Gasteiger partial charge in [0.15, 0.2) is 5.78 Å². The number of benzene rings is 1. The third kappa shape index (κ3) is 1.90. The van der Waals surface area contributed by atoms with Crippen LogP contribution >= 0.6 is 12.4 Å². The molecule has 0 saturated carbocycles. The molecule has 2 rings (SSSR count). The quantitative estimate of drug-likeness (QED) is 0.716. The number of carbonyl (C=O) groups is 1. The number of fused-ring (bicyclic) bond motifs is 1. The molecule has 0 atom stereocenters. The topological polar surface area (TPSA) is 26.3 Å². The standard InChI is InChI=1S/C11H12O2.ClH/c1-13-9-5-6-10-8(7-9)3-2-4-11(10)12;/h5-7H,2-4H2,1H3;1H. The number of hydrogen-bond donors (Lipinski definition) is 0. The van der Waals surface area contributed by atoms with E-state index in [-0.39, 0.29) is 18.2 Å². The van der Waals surface area contributed by atoms with Gasteiger partial charge in [0, 0.05) is 12.0 Å². The van der Waals surface area contributed by atoms with Gasteiger partial charge in [-0.15, -0.1) is 12.4 Å². The Morgan fingerprint density at radius 2 is 2.07 bits per heavy atom. The van der Waals surface area contributed by atoms with E-state index in [1.807, 2.05) is 18.2 Å². The molecular weight excluding hydrogens is 200 g/mol. The van der Waals surface area contributed by atoms with E-state index < -0.39 is 0 Å². The molecule has 0 unspecified atom stereocenters. The lowest BCUT2D eigenvalue weighted by Crippen LogP contribution is -2.10.